The van der Waals surface area contributed by atoms with E-state index in [0.29, 0.717) is 0 Å². The summed E-state index contributed by atoms with van der Waals surface area (Å²) in [5, 5.41) is 12.3. The molecular formula is C13H17N3O4. The van der Waals surface area contributed by atoms with Crippen LogP contribution in [-0.2, 0) is 9.53 Å². The number of hydrogen-bond acceptors (Lipinski definition) is 5. The van der Waals surface area contributed by atoms with Crippen LogP contribution in [0.25, 0.3) is 0 Å². The van der Waals surface area contributed by atoms with Crippen molar-refractivity contribution in [1.82, 2.24) is 9.55 Å². The summed E-state index contributed by atoms with van der Waals surface area (Å²) in [6.07, 6.45) is 5.24. The SMILES string of the molecule is CC1(C(=O)O)COCC1Nc1nccn(C2CC2)c1=O. The Labute approximate surface area is 115 Å². The van der Waals surface area contributed by atoms with Crippen LogP contribution in [0.3, 0.4) is 0 Å². The second-order valence-electron chi connectivity index (χ2n) is 5.65. The third-order valence-corrected chi connectivity index (χ3v) is 4.06. The van der Waals surface area contributed by atoms with Gasteiger partial charge in [0.15, 0.2) is 5.82 Å². The molecule has 1 saturated carbocycles. The third-order valence-electron chi connectivity index (χ3n) is 4.06. The lowest BCUT2D eigenvalue weighted by atomic mass is 9.85. The fourth-order valence-electron chi connectivity index (χ4n) is 2.41. The Balaban J connectivity index is 1.86. The van der Waals surface area contributed by atoms with E-state index in [2.05, 4.69) is 10.3 Å². The molecule has 3 rings (SSSR count). The maximum atomic E-state index is 12.3. The summed E-state index contributed by atoms with van der Waals surface area (Å²) in [6.45, 7) is 1.99. The van der Waals surface area contributed by atoms with Gasteiger partial charge in [0, 0.05) is 18.4 Å². The van der Waals surface area contributed by atoms with Crippen molar-refractivity contribution in [2.45, 2.75) is 31.8 Å². The first-order valence-corrected chi connectivity index (χ1v) is 6.67. The predicted octanol–water partition coefficient (Wildman–Crippen LogP) is 0.480. The minimum Gasteiger partial charge on any atom is -0.481 e. The van der Waals surface area contributed by atoms with Gasteiger partial charge in [0.2, 0.25) is 0 Å². The zero-order chi connectivity index (χ0) is 14.3. The maximum Gasteiger partial charge on any atom is 0.313 e. The number of aromatic nitrogens is 2. The van der Waals surface area contributed by atoms with E-state index < -0.39 is 17.4 Å². The molecule has 2 fully saturated rings. The van der Waals surface area contributed by atoms with E-state index in [1.807, 2.05) is 0 Å². The first kappa shape index (κ1) is 13.1. The highest BCUT2D eigenvalue weighted by molar-refractivity contribution is 5.76. The van der Waals surface area contributed by atoms with Gasteiger partial charge in [0.25, 0.3) is 5.56 Å². The highest BCUT2D eigenvalue weighted by Gasteiger charge is 2.47. The molecule has 2 N–H and O–H groups in total. The first-order chi connectivity index (χ1) is 9.52. The quantitative estimate of drug-likeness (QED) is 0.832. The first-order valence-electron chi connectivity index (χ1n) is 6.67. The molecule has 7 nitrogen and oxygen atoms in total. The largest absolute Gasteiger partial charge is 0.481 e. The lowest BCUT2D eigenvalue weighted by Gasteiger charge is -2.25. The fourth-order valence-corrected chi connectivity index (χ4v) is 2.41. The molecule has 0 spiro atoms. The maximum absolute atomic E-state index is 12.3. The van der Waals surface area contributed by atoms with Gasteiger partial charge < -0.3 is 19.7 Å². The molecule has 1 aromatic heterocycles. The number of nitrogens with zero attached hydrogens (tertiary/aromatic N) is 2. The monoisotopic (exact) mass is 279 g/mol. The molecule has 20 heavy (non-hydrogen) atoms. The van der Waals surface area contributed by atoms with E-state index in [0.717, 1.165) is 12.8 Å². The van der Waals surface area contributed by atoms with E-state index in [1.165, 1.54) is 0 Å². The third kappa shape index (κ3) is 2.07. The molecule has 1 aromatic rings. The molecule has 0 radical (unpaired) electrons. The Hall–Kier alpha value is -1.89. The Bertz CT molecular complexity index is 596. The molecule has 2 atom stereocenters. The Morgan fingerprint density at radius 3 is 3.00 bits per heavy atom. The fraction of sp³-hybridized carbons (Fsp3) is 0.615. The van der Waals surface area contributed by atoms with Gasteiger partial charge in [0.1, 0.15) is 5.41 Å². The number of carbonyl (C=O) groups is 1. The van der Waals surface area contributed by atoms with E-state index in [4.69, 9.17) is 4.74 Å². The van der Waals surface area contributed by atoms with E-state index in [-0.39, 0.29) is 30.6 Å². The van der Waals surface area contributed by atoms with Crippen molar-refractivity contribution in [2.75, 3.05) is 18.5 Å². The number of nitrogens with one attached hydrogen (secondary N) is 1. The summed E-state index contributed by atoms with van der Waals surface area (Å²) in [5.74, 6) is -0.742. The van der Waals surface area contributed by atoms with Crippen LogP contribution in [0.5, 0.6) is 0 Å². The summed E-state index contributed by atoms with van der Waals surface area (Å²) in [7, 11) is 0. The van der Waals surface area contributed by atoms with Crippen molar-refractivity contribution in [1.29, 1.82) is 0 Å². The highest BCUT2D eigenvalue weighted by Crippen LogP contribution is 2.34. The zero-order valence-electron chi connectivity index (χ0n) is 11.2. The summed E-state index contributed by atoms with van der Waals surface area (Å²) >= 11 is 0. The summed E-state index contributed by atoms with van der Waals surface area (Å²) in [4.78, 5) is 27.7. The minimum absolute atomic E-state index is 0.129. The van der Waals surface area contributed by atoms with Crippen LogP contribution in [0, 0.1) is 5.41 Å². The molecule has 0 bridgehead atoms. The number of carboxylic acids is 1. The van der Waals surface area contributed by atoms with Gasteiger partial charge in [-0.1, -0.05) is 0 Å². The van der Waals surface area contributed by atoms with E-state index >= 15 is 0 Å². The molecule has 0 aromatic carbocycles. The minimum atomic E-state index is -1.05. The van der Waals surface area contributed by atoms with Crippen LogP contribution in [-0.4, -0.2) is 39.9 Å². The van der Waals surface area contributed by atoms with Crippen molar-refractivity contribution in [3.8, 4) is 0 Å². The normalized spacial score (nSPS) is 29.4. The molecule has 2 aliphatic rings. The van der Waals surface area contributed by atoms with E-state index in [1.54, 1.807) is 23.9 Å². The van der Waals surface area contributed by atoms with Crippen LogP contribution < -0.4 is 10.9 Å². The average molecular weight is 279 g/mol. The standard InChI is InChI=1S/C13H17N3O4/c1-13(12(18)19)7-20-6-9(13)15-10-11(17)16(5-4-14-10)8-2-3-8/h4-5,8-9H,2-3,6-7H2,1H3,(H,14,15)(H,18,19). The van der Waals surface area contributed by atoms with Gasteiger partial charge in [-0.05, 0) is 19.8 Å². The van der Waals surface area contributed by atoms with Crippen molar-refractivity contribution >= 4 is 11.8 Å². The topological polar surface area (TPSA) is 93.4 Å². The number of carboxylic acid groups (broad SMARTS) is 1. The summed E-state index contributed by atoms with van der Waals surface area (Å²) in [5.41, 5.74) is -1.25. The van der Waals surface area contributed by atoms with E-state index in [9.17, 15) is 14.7 Å². The number of aliphatic carboxylic acids is 1. The molecular weight excluding hydrogens is 262 g/mol. The number of ether oxygens (including phenoxy) is 1. The lowest BCUT2D eigenvalue weighted by Crippen LogP contribution is -2.44. The lowest BCUT2D eigenvalue weighted by molar-refractivity contribution is -0.148. The van der Waals surface area contributed by atoms with Crippen molar-refractivity contribution < 1.29 is 14.6 Å². The number of rotatable bonds is 4. The zero-order valence-corrected chi connectivity index (χ0v) is 11.2. The second kappa shape index (κ2) is 4.59. The van der Waals surface area contributed by atoms with Gasteiger partial charge in [-0.15, -0.1) is 0 Å². The summed E-state index contributed by atoms with van der Waals surface area (Å²) < 4.78 is 6.91. The molecule has 2 heterocycles. The molecule has 108 valence electrons. The van der Waals surface area contributed by atoms with Gasteiger partial charge in [-0.3, -0.25) is 9.59 Å². The van der Waals surface area contributed by atoms with Gasteiger partial charge in [-0.2, -0.15) is 0 Å². The Morgan fingerprint density at radius 1 is 1.60 bits per heavy atom. The Morgan fingerprint density at radius 2 is 2.35 bits per heavy atom. The van der Waals surface area contributed by atoms with Crippen molar-refractivity contribution in [3.05, 3.63) is 22.7 Å². The Kier molecular flexibility index (Phi) is 3.01. The van der Waals surface area contributed by atoms with Crippen LogP contribution >= 0.6 is 0 Å². The van der Waals surface area contributed by atoms with Crippen molar-refractivity contribution in [2.24, 2.45) is 5.41 Å². The average Bonchev–Trinajstić information content (AvgIpc) is 3.17. The van der Waals surface area contributed by atoms with Crippen LogP contribution in [0.2, 0.25) is 0 Å². The molecule has 2 unspecified atom stereocenters. The molecule has 0 amide bonds. The number of hydrogen-bond donors (Lipinski definition) is 2. The van der Waals surface area contributed by atoms with Crippen LogP contribution in [0.15, 0.2) is 17.2 Å². The van der Waals surface area contributed by atoms with Gasteiger partial charge in [-0.25, -0.2) is 4.98 Å². The molecule has 1 aliphatic heterocycles. The smallest absolute Gasteiger partial charge is 0.313 e. The van der Waals surface area contributed by atoms with Crippen LogP contribution in [0.1, 0.15) is 25.8 Å². The second-order valence-corrected chi connectivity index (χ2v) is 5.65. The van der Waals surface area contributed by atoms with Gasteiger partial charge >= 0.3 is 5.97 Å². The molecule has 7 heteroatoms. The highest BCUT2D eigenvalue weighted by atomic mass is 16.5. The molecule has 1 saturated heterocycles. The summed E-state index contributed by atoms with van der Waals surface area (Å²) in [6, 6.07) is -0.202. The van der Waals surface area contributed by atoms with Crippen LogP contribution in [0.4, 0.5) is 5.82 Å². The molecule has 1 aliphatic carbocycles. The van der Waals surface area contributed by atoms with Crippen molar-refractivity contribution in [3.63, 3.8) is 0 Å². The number of anilines is 1. The predicted molar refractivity (Wildman–Crippen MR) is 70.7 cm³/mol. The van der Waals surface area contributed by atoms with Gasteiger partial charge in [0.05, 0.1) is 19.3 Å².